The van der Waals surface area contributed by atoms with Crippen LogP contribution in [0.1, 0.15) is 25.7 Å². The zero-order valence-electron chi connectivity index (χ0n) is 9.00. The Balaban J connectivity index is 1.86. The molecule has 4 heteroatoms. The average Bonchev–Trinajstić information content (AvgIpc) is 2.89. The van der Waals surface area contributed by atoms with E-state index >= 15 is 0 Å². The van der Waals surface area contributed by atoms with Gasteiger partial charge in [-0.05, 0) is 25.0 Å². The summed E-state index contributed by atoms with van der Waals surface area (Å²) in [6.45, 7) is 0. The van der Waals surface area contributed by atoms with Crippen LogP contribution in [0, 0.1) is 0 Å². The van der Waals surface area contributed by atoms with Gasteiger partial charge in [-0.15, -0.1) is 11.7 Å². The molecular formula is C12H15NS3. The fraction of sp³-hybridized carbons (Fsp3) is 0.417. The Kier molecular flexibility index (Phi) is 2.98. The smallest absolute Gasteiger partial charge is 0.0775 e. The number of hydrogen-bond acceptors (Lipinski definition) is 3. The van der Waals surface area contributed by atoms with E-state index in [4.69, 9.17) is 11.7 Å². The largest absolute Gasteiger partial charge is 0.248 e. The quantitative estimate of drug-likeness (QED) is 0.591. The van der Waals surface area contributed by atoms with Crippen LogP contribution >= 0.6 is 30.5 Å². The monoisotopic (exact) mass is 269 g/mol. The standard InChI is InChI=1S/C12H15NS3/c14-16(15-10-5-1-2-6-10)9-13-11-7-3-4-8-12(11)16/h3-4,7-10,14H,1-2,5-6H2. The first kappa shape index (κ1) is 11.1. The summed E-state index contributed by atoms with van der Waals surface area (Å²) in [5, 5.41) is 0.796. The van der Waals surface area contributed by atoms with Crippen molar-refractivity contribution in [2.45, 2.75) is 35.8 Å². The lowest BCUT2D eigenvalue weighted by Gasteiger charge is -2.29. The van der Waals surface area contributed by atoms with Crippen LogP contribution in [0.3, 0.4) is 0 Å². The van der Waals surface area contributed by atoms with Crippen LogP contribution in [0.4, 0.5) is 5.69 Å². The minimum atomic E-state index is -1.13. The Morgan fingerprint density at radius 3 is 2.81 bits per heavy atom. The van der Waals surface area contributed by atoms with E-state index in [-0.39, 0.29) is 0 Å². The third-order valence-electron chi connectivity index (χ3n) is 3.10. The number of hydrogen-bond donors (Lipinski definition) is 1. The van der Waals surface area contributed by atoms with Gasteiger partial charge in [0.2, 0.25) is 0 Å². The fourth-order valence-corrected chi connectivity index (χ4v) is 8.96. The second-order valence-corrected chi connectivity index (χ2v) is 11.5. The van der Waals surface area contributed by atoms with Gasteiger partial charge in [-0.25, -0.2) is 4.99 Å². The fourth-order valence-electron chi connectivity index (χ4n) is 2.26. The summed E-state index contributed by atoms with van der Waals surface area (Å²) >= 11 is 4.93. The summed E-state index contributed by atoms with van der Waals surface area (Å²) in [4.78, 5) is 5.85. The third kappa shape index (κ3) is 1.91. The highest BCUT2D eigenvalue weighted by Gasteiger charge is 2.32. The number of benzene rings is 1. The van der Waals surface area contributed by atoms with E-state index in [1.807, 2.05) is 0 Å². The lowest BCUT2D eigenvalue weighted by atomic mass is 10.3. The topological polar surface area (TPSA) is 12.4 Å². The lowest BCUT2D eigenvalue weighted by Crippen LogP contribution is -1.97. The van der Waals surface area contributed by atoms with Crippen molar-refractivity contribution in [1.82, 2.24) is 0 Å². The summed E-state index contributed by atoms with van der Waals surface area (Å²) < 4.78 is 0. The molecule has 0 amide bonds. The van der Waals surface area contributed by atoms with Gasteiger partial charge < -0.3 is 0 Å². The summed E-state index contributed by atoms with van der Waals surface area (Å²) in [6.07, 6.45) is 5.49. The lowest BCUT2D eigenvalue weighted by molar-refractivity contribution is 0.886. The predicted molar refractivity (Wildman–Crippen MR) is 79.3 cm³/mol. The molecule has 3 rings (SSSR count). The van der Waals surface area contributed by atoms with Crippen molar-refractivity contribution in [3.05, 3.63) is 24.3 Å². The van der Waals surface area contributed by atoms with Gasteiger partial charge >= 0.3 is 0 Å². The van der Waals surface area contributed by atoms with Crippen molar-refractivity contribution in [1.29, 1.82) is 0 Å². The second-order valence-electron chi connectivity index (χ2n) is 4.27. The molecule has 1 aliphatic heterocycles. The number of thiol groups is 1. The van der Waals surface area contributed by atoms with Gasteiger partial charge in [-0.1, -0.05) is 43.9 Å². The van der Waals surface area contributed by atoms with Crippen molar-refractivity contribution in [2.24, 2.45) is 4.99 Å². The molecule has 1 aliphatic carbocycles. The van der Waals surface area contributed by atoms with Gasteiger partial charge in [-0.2, -0.15) is 0 Å². The summed E-state index contributed by atoms with van der Waals surface area (Å²) in [7, 11) is 0.931. The maximum Gasteiger partial charge on any atom is 0.0775 e. The Hall–Kier alpha value is -0.0600. The molecule has 1 heterocycles. The summed E-state index contributed by atoms with van der Waals surface area (Å²) in [5.41, 5.74) is 3.21. The maximum atomic E-state index is 4.93. The highest BCUT2D eigenvalue weighted by atomic mass is 33.5. The molecule has 1 atom stereocenters. The molecule has 0 bridgehead atoms. The van der Waals surface area contributed by atoms with Crippen LogP contribution < -0.4 is 0 Å². The first-order valence-electron chi connectivity index (χ1n) is 5.65. The number of fused-ring (bicyclic) bond motifs is 1. The molecule has 1 nitrogen and oxygen atoms in total. The highest BCUT2D eigenvalue weighted by Crippen LogP contribution is 2.74. The molecule has 86 valence electrons. The third-order valence-corrected chi connectivity index (χ3v) is 9.64. The molecule has 0 aromatic heterocycles. The summed E-state index contributed by atoms with van der Waals surface area (Å²) in [6, 6.07) is 8.43. The minimum absolute atomic E-state index is 0.796. The SMILES string of the molecule is SS1(SC2CCCC2)C=Nc2ccccc21. The second kappa shape index (κ2) is 4.31. The molecule has 16 heavy (non-hydrogen) atoms. The Morgan fingerprint density at radius 2 is 2.00 bits per heavy atom. The first-order valence-corrected chi connectivity index (χ1v) is 9.80. The van der Waals surface area contributed by atoms with Crippen molar-refractivity contribution in [3.8, 4) is 0 Å². The molecule has 0 saturated heterocycles. The molecule has 1 fully saturated rings. The molecular weight excluding hydrogens is 254 g/mol. The van der Waals surface area contributed by atoms with Gasteiger partial charge in [0.05, 0.1) is 11.2 Å². The molecule has 0 N–H and O–H groups in total. The number of para-hydroxylation sites is 1. The maximum absolute atomic E-state index is 4.93. The average molecular weight is 269 g/mol. The van der Waals surface area contributed by atoms with Gasteiger partial charge in [0, 0.05) is 10.1 Å². The number of rotatable bonds is 2. The summed E-state index contributed by atoms with van der Waals surface area (Å²) in [5.74, 6) is 0. The highest BCUT2D eigenvalue weighted by molar-refractivity contribution is 9.26. The van der Waals surface area contributed by atoms with Crippen LogP contribution in [-0.2, 0) is 0 Å². The number of aliphatic imine (C=N–C) groups is 1. The zero-order chi connectivity index (χ0) is 11.0. The molecule has 2 aliphatic rings. The van der Waals surface area contributed by atoms with Gasteiger partial charge in [-0.3, -0.25) is 0 Å². The van der Waals surface area contributed by atoms with Crippen molar-refractivity contribution >= 4 is 41.8 Å². The van der Waals surface area contributed by atoms with Crippen molar-refractivity contribution < 1.29 is 0 Å². The van der Waals surface area contributed by atoms with Gasteiger partial charge in [0.1, 0.15) is 0 Å². The van der Waals surface area contributed by atoms with Crippen LogP contribution in [0.25, 0.3) is 0 Å². The van der Waals surface area contributed by atoms with E-state index in [2.05, 4.69) is 45.6 Å². The normalized spacial score (nSPS) is 32.6. The van der Waals surface area contributed by atoms with Crippen molar-refractivity contribution in [3.63, 3.8) is 0 Å². The minimum Gasteiger partial charge on any atom is -0.248 e. The van der Waals surface area contributed by atoms with Gasteiger partial charge in [0.15, 0.2) is 0 Å². The van der Waals surface area contributed by atoms with E-state index in [9.17, 15) is 0 Å². The molecule has 0 spiro atoms. The van der Waals surface area contributed by atoms with E-state index in [0.717, 1.165) is 10.9 Å². The van der Waals surface area contributed by atoms with Crippen LogP contribution in [0.5, 0.6) is 0 Å². The predicted octanol–water partition coefficient (Wildman–Crippen LogP) is 4.96. The molecule has 1 saturated carbocycles. The number of nitrogens with zero attached hydrogens (tertiary/aromatic N) is 1. The van der Waals surface area contributed by atoms with E-state index < -0.39 is 8.09 Å². The Morgan fingerprint density at radius 1 is 1.25 bits per heavy atom. The van der Waals surface area contributed by atoms with Crippen molar-refractivity contribution in [2.75, 3.05) is 0 Å². The van der Waals surface area contributed by atoms with Crippen LogP contribution in [0.15, 0.2) is 34.2 Å². The zero-order valence-corrected chi connectivity index (χ0v) is 11.5. The molecule has 0 radical (unpaired) electrons. The first-order chi connectivity index (χ1) is 7.78. The van der Waals surface area contributed by atoms with Crippen LogP contribution in [0.2, 0.25) is 0 Å². The molecule has 1 aromatic carbocycles. The molecule has 1 aromatic rings. The van der Waals surface area contributed by atoms with E-state index in [1.54, 1.807) is 0 Å². The van der Waals surface area contributed by atoms with E-state index in [0.29, 0.717) is 0 Å². The van der Waals surface area contributed by atoms with E-state index in [1.165, 1.54) is 30.6 Å². The van der Waals surface area contributed by atoms with Gasteiger partial charge in [0.25, 0.3) is 0 Å². The Bertz CT molecular complexity index is 426. The Labute approximate surface area is 107 Å². The van der Waals surface area contributed by atoms with Crippen LogP contribution in [-0.4, -0.2) is 10.8 Å². The molecule has 1 unspecified atom stereocenters.